The SMILES string of the molecule is CC(C)(N)O.CCCCc1ccccc1. The Kier molecular flexibility index (Phi) is 7.01. The van der Waals surface area contributed by atoms with Crippen molar-refractivity contribution in [1.82, 2.24) is 0 Å². The van der Waals surface area contributed by atoms with E-state index >= 15 is 0 Å². The molecule has 0 amide bonds. The van der Waals surface area contributed by atoms with E-state index in [9.17, 15) is 0 Å². The second kappa shape index (κ2) is 7.43. The first kappa shape index (κ1) is 14.1. The highest BCUT2D eigenvalue weighted by molar-refractivity contribution is 5.14. The van der Waals surface area contributed by atoms with E-state index < -0.39 is 5.72 Å². The molecule has 0 aliphatic carbocycles. The fourth-order valence-corrected chi connectivity index (χ4v) is 1.03. The standard InChI is InChI=1S/C10H14.C3H9NO/c1-2-3-7-10-8-5-4-6-9-10;1-3(2,4)5/h4-6,8-9H,2-3,7H2,1H3;5H,4H2,1-2H3. The van der Waals surface area contributed by atoms with Crippen molar-refractivity contribution < 1.29 is 5.11 Å². The van der Waals surface area contributed by atoms with Gasteiger partial charge in [-0.15, -0.1) is 0 Å². The van der Waals surface area contributed by atoms with E-state index in [1.807, 2.05) is 0 Å². The fourth-order valence-electron chi connectivity index (χ4n) is 1.03. The quantitative estimate of drug-likeness (QED) is 0.752. The van der Waals surface area contributed by atoms with Crippen LogP contribution in [0.4, 0.5) is 0 Å². The third-order valence-corrected chi connectivity index (χ3v) is 1.66. The van der Waals surface area contributed by atoms with Gasteiger partial charge in [-0.3, -0.25) is 0 Å². The number of hydrogen-bond acceptors (Lipinski definition) is 2. The van der Waals surface area contributed by atoms with Crippen LogP contribution in [-0.2, 0) is 6.42 Å². The summed E-state index contributed by atoms with van der Waals surface area (Å²) in [5.74, 6) is 0. The molecule has 0 aliphatic heterocycles. The predicted molar refractivity (Wildman–Crippen MR) is 65.5 cm³/mol. The number of aryl methyl sites for hydroxylation is 1. The van der Waals surface area contributed by atoms with Crippen LogP contribution in [0.2, 0.25) is 0 Å². The van der Waals surface area contributed by atoms with Crippen LogP contribution in [0, 0.1) is 0 Å². The Balaban J connectivity index is 0.000000336. The zero-order valence-corrected chi connectivity index (χ0v) is 10.0. The maximum Gasteiger partial charge on any atom is 0.107 e. The number of unbranched alkanes of at least 4 members (excludes halogenated alkanes) is 1. The second-order valence-electron chi connectivity index (χ2n) is 4.24. The second-order valence-corrected chi connectivity index (χ2v) is 4.24. The van der Waals surface area contributed by atoms with Gasteiger partial charge in [-0.25, -0.2) is 0 Å². The Morgan fingerprint density at radius 3 is 2.07 bits per heavy atom. The van der Waals surface area contributed by atoms with Gasteiger partial charge in [-0.05, 0) is 32.3 Å². The summed E-state index contributed by atoms with van der Waals surface area (Å²) in [6.45, 7) is 5.27. The van der Waals surface area contributed by atoms with Gasteiger partial charge in [0.1, 0.15) is 5.72 Å². The number of nitrogens with two attached hydrogens (primary N) is 1. The summed E-state index contributed by atoms with van der Waals surface area (Å²) in [6, 6.07) is 10.6. The van der Waals surface area contributed by atoms with E-state index in [2.05, 4.69) is 37.3 Å². The molecular weight excluding hydrogens is 186 g/mol. The molecule has 0 atom stereocenters. The van der Waals surface area contributed by atoms with Gasteiger partial charge in [0.05, 0.1) is 0 Å². The molecule has 0 heterocycles. The molecule has 2 nitrogen and oxygen atoms in total. The molecule has 86 valence electrons. The molecule has 0 bridgehead atoms. The number of rotatable bonds is 3. The summed E-state index contributed by atoms with van der Waals surface area (Å²) in [5, 5.41) is 8.30. The fraction of sp³-hybridized carbons (Fsp3) is 0.538. The van der Waals surface area contributed by atoms with Crippen molar-refractivity contribution in [3.63, 3.8) is 0 Å². The van der Waals surface area contributed by atoms with Gasteiger partial charge in [0.25, 0.3) is 0 Å². The van der Waals surface area contributed by atoms with E-state index in [0.717, 1.165) is 0 Å². The first-order valence-electron chi connectivity index (χ1n) is 5.48. The minimum absolute atomic E-state index is 1.00. The third-order valence-electron chi connectivity index (χ3n) is 1.66. The molecule has 1 rings (SSSR count). The Hall–Kier alpha value is -0.860. The Morgan fingerprint density at radius 2 is 1.67 bits per heavy atom. The molecule has 0 radical (unpaired) electrons. The topological polar surface area (TPSA) is 46.2 Å². The van der Waals surface area contributed by atoms with Gasteiger partial charge >= 0.3 is 0 Å². The molecular formula is C13H23NO. The molecule has 0 saturated heterocycles. The highest BCUT2D eigenvalue weighted by Gasteiger charge is 1.98. The maximum atomic E-state index is 8.30. The average Bonchev–Trinajstić information content (AvgIpc) is 2.14. The molecule has 0 saturated carbocycles. The Labute approximate surface area is 93.1 Å². The molecule has 0 unspecified atom stereocenters. The van der Waals surface area contributed by atoms with Crippen molar-refractivity contribution in [3.05, 3.63) is 35.9 Å². The molecule has 1 aromatic carbocycles. The molecule has 3 N–H and O–H groups in total. The van der Waals surface area contributed by atoms with Crippen molar-refractivity contribution >= 4 is 0 Å². The molecule has 0 aliphatic rings. The lowest BCUT2D eigenvalue weighted by Gasteiger charge is -2.05. The van der Waals surface area contributed by atoms with Crippen LogP contribution in [-0.4, -0.2) is 10.8 Å². The molecule has 1 aromatic rings. The van der Waals surface area contributed by atoms with Crippen LogP contribution >= 0.6 is 0 Å². The summed E-state index contributed by atoms with van der Waals surface area (Å²) in [6.07, 6.45) is 3.83. The van der Waals surface area contributed by atoms with Gasteiger partial charge in [0.2, 0.25) is 0 Å². The highest BCUT2D eigenvalue weighted by atomic mass is 16.3. The van der Waals surface area contributed by atoms with Gasteiger partial charge in [0.15, 0.2) is 0 Å². The minimum atomic E-state index is -1.00. The van der Waals surface area contributed by atoms with E-state index in [1.165, 1.54) is 38.7 Å². The summed E-state index contributed by atoms with van der Waals surface area (Å²) in [5.41, 5.74) is 5.37. The van der Waals surface area contributed by atoms with Crippen molar-refractivity contribution in [2.45, 2.75) is 45.8 Å². The van der Waals surface area contributed by atoms with Crippen molar-refractivity contribution in [2.75, 3.05) is 0 Å². The summed E-state index contributed by atoms with van der Waals surface area (Å²) in [7, 11) is 0. The third kappa shape index (κ3) is 13.1. The minimum Gasteiger partial charge on any atom is -0.377 e. The lowest BCUT2D eigenvalue weighted by molar-refractivity contribution is 0.0881. The summed E-state index contributed by atoms with van der Waals surface area (Å²) in [4.78, 5) is 0. The summed E-state index contributed by atoms with van der Waals surface area (Å²) >= 11 is 0. The first-order chi connectivity index (χ1) is 6.93. The zero-order valence-electron chi connectivity index (χ0n) is 10.0. The van der Waals surface area contributed by atoms with Gasteiger partial charge in [0, 0.05) is 0 Å². The molecule has 0 spiro atoms. The van der Waals surface area contributed by atoms with Gasteiger partial charge < -0.3 is 10.8 Å². The number of hydrogen-bond donors (Lipinski definition) is 2. The average molecular weight is 209 g/mol. The first-order valence-corrected chi connectivity index (χ1v) is 5.48. The molecule has 2 heteroatoms. The van der Waals surface area contributed by atoms with E-state index in [0.29, 0.717) is 0 Å². The van der Waals surface area contributed by atoms with Gasteiger partial charge in [-0.2, -0.15) is 0 Å². The predicted octanol–water partition coefficient (Wildman–Crippen LogP) is 2.70. The van der Waals surface area contributed by atoms with Crippen LogP contribution in [0.5, 0.6) is 0 Å². The normalized spacial score (nSPS) is 10.5. The maximum absolute atomic E-state index is 8.30. The smallest absolute Gasteiger partial charge is 0.107 e. The van der Waals surface area contributed by atoms with Crippen LogP contribution < -0.4 is 5.73 Å². The van der Waals surface area contributed by atoms with Crippen molar-refractivity contribution in [1.29, 1.82) is 0 Å². The monoisotopic (exact) mass is 209 g/mol. The zero-order chi connectivity index (χ0) is 11.7. The van der Waals surface area contributed by atoms with Crippen LogP contribution in [0.25, 0.3) is 0 Å². The number of benzene rings is 1. The van der Waals surface area contributed by atoms with Crippen LogP contribution in [0.1, 0.15) is 39.2 Å². The number of aliphatic hydroxyl groups is 1. The lowest BCUT2D eigenvalue weighted by Crippen LogP contribution is -2.30. The largest absolute Gasteiger partial charge is 0.377 e. The Bertz CT molecular complexity index is 232. The van der Waals surface area contributed by atoms with E-state index in [1.54, 1.807) is 0 Å². The van der Waals surface area contributed by atoms with Crippen LogP contribution in [0.15, 0.2) is 30.3 Å². The van der Waals surface area contributed by atoms with Crippen LogP contribution in [0.3, 0.4) is 0 Å². The lowest BCUT2D eigenvalue weighted by atomic mass is 10.1. The van der Waals surface area contributed by atoms with Crippen molar-refractivity contribution in [2.24, 2.45) is 5.73 Å². The van der Waals surface area contributed by atoms with E-state index in [-0.39, 0.29) is 0 Å². The Morgan fingerprint density at radius 1 is 1.20 bits per heavy atom. The van der Waals surface area contributed by atoms with E-state index in [4.69, 9.17) is 10.8 Å². The molecule has 15 heavy (non-hydrogen) atoms. The molecule has 0 fully saturated rings. The molecule has 0 aromatic heterocycles. The van der Waals surface area contributed by atoms with Gasteiger partial charge in [-0.1, -0.05) is 43.7 Å². The summed E-state index contributed by atoms with van der Waals surface area (Å²) < 4.78 is 0. The highest BCUT2D eigenvalue weighted by Crippen LogP contribution is 2.03. The van der Waals surface area contributed by atoms with Crippen molar-refractivity contribution in [3.8, 4) is 0 Å².